The predicted molar refractivity (Wildman–Crippen MR) is 104 cm³/mol. The predicted octanol–water partition coefficient (Wildman–Crippen LogP) is 1.88. The Kier molecular flexibility index (Phi) is 5.15. The van der Waals surface area contributed by atoms with Gasteiger partial charge >= 0.3 is 0 Å². The van der Waals surface area contributed by atoms with Crippen LogP contribution >= 0.6 is 0 Å². The normalized spacial score (nSPS) is 20.8. The second kappa shape index (κ2) is 7.73. The van der Waals surface area contributed by atoms with Crippen LogP contribution in [0.3, 0.4) is 0 Å². The Morgan fingerprint density at radius 1 is 1.11 bits per heavy atom. The SMILES string of the molecule is CC(C)CC(=O)N1C[C@H]2Cc3nnc(C(=O)NCc4ccccc4)n3C[C@H]2C1. The summed E-state index contributed by atoms with van der Waals surface area (Å²) in [5.74, 6) is 2.40. The van der Waals surface area contributed by atoms with Gasteiger partial charge in [-0.25, -0.2) is 0 Å². The van der Waals surface area contributed by atoms with Crippen molar-refractivity contribution < 1.29 is 9.59 Å². The fourth-order valence-corrected chi connectivity index (χ4v) is 4.23. The number of hydrogen-bond donors (Lipinski definition) is 1. The Bertz CT molecular complexity index is 861. The molecule has 7 heteroatoms. The largest absolute Gasteiger partial charge is 0.345 e. The smallest absolute Gasteiger partial charge is 0.289 e. The molecule has 2 aliphatic heterocycles. The molecule has 7 nitrogen and oxygen atoms in total. The van der Waals surface area contributed by atoms with E-state index >= 15 is 0 Å². The highest BCUT2D eigenvalue weighted by molar-refractivity contribution is 5.90. The highest BCUT2D eigenvalue weighted by Crippen LogP contribution is 2.33. The second-order valence-corrected chi connectivity index (χ2v) is 8.34. The lowest BCUT2D eigenvalue weighted by molar-refractivity contribution is -0.131. The molecule has 0 aliphatic carbocycles. The van der Waals surface area contributed by atoms with Crippen LogP contribution in [0.1, 0.15) is 42.3 Å². The first-order valence-corrected chi connectivity index (χ1v) is 10.0. The summed E-state index contributed by atoms with van der Waals surface area (Å²) in [5, 5.41) is 11.3. The van der Waals surface area contributed by atoms with Crippen LogP contribution in [-0.2, 0) is 24.3 Å². The number of fused-ring (bicyclic) bond motifs is 2. The van der Waals surface area contributed by atoms with Gasteiger partial charge < -0.3 is 14.8 Å². The molecule has 2 aromatic rings. The Hall–Kier alpha value is -2.70. The molecular formula is C21H27N5O2. The van der Waals surface area contributed by atoms with Gasteiger partial charge in [-0.1, -0.05) is 44.2 Å². The van der Waals surface area contributed by atoms with Crippen molar-refractivity contribution in [2.75, 3.05) is 13.1 Å². The van der Waals surface area contributed by atoms with Gasteiger partial charge in [0.05, 0.1) is 0 Å². The molecule has 1 saturated heterocycles. The summed E-state index contributed by atoms with van der Waals surface area (Å²) in [6.45, 7) is 6.86. The van der Waals surface area contributed by atoms with Crippen LogP contribution in [0, 0.1) is 17.8 Å². The molecule has 1 aromatic heterocycles. The molecule has 0 unspecified atom stereocenters. The Morgan fingerprint density at radius 2 is 1.86 bits per heavy atom. The molecule has 0 bridgehead atoms. The van der Waals surface area contributed by atoms with Gasteiger partial charge in [0.2, 0.25) is 11.7 Å². The summed E-state index contributed by atoms with van der Waals surface area (Å²) < 4.78 is 1.94. The molecule has 0 radical (unpaired) electrons. The van der Waals surface area contributed by atoms with E-state index in [1.165, 1.54) is 0 Å². The van der Waals surface area contributed by atoms with E-state index in [1.807, 2.05) is 39.8 Å². The number of likely N-dealkylation sites (tertiary alicyclic amines) is 1. The van der Waals surface area contributed by atoms with Crippen LogP contribution in [-0.4, -0.2) is 44.6 Å². The summed E-state index contributed by atoms with van der Waals surface area (Å²) in [5.41, 5.74) is 1.05. The van der Waals surface area contributed by atoms with Crippen molar-refractivity contribution in [3.05, 3.63) is 47.5 Å². The second-order valence-electron chi connectivity index (χ2n) is 8.34. The van der Waals surface area contributed by atoms with Gasteiger partial charge in [-0.15, -0.1) is 10.2 Å². The number of nitrogens with zero attached hydrogens (tertiary/aromatic N) is 4. The number of hydrogen-bond acceptors (Lipinski definition) is 4. The van der Waals surface area contributed by atoms with Crippen molar-refractivity contribution in [3.63, 3.8) is 0 Å². The van der Waals surface area contributed by atoms with Crippen molar-refractivity contribution in [2.45, 2.75) is 39.8 Å². The average Bonchev–Trinajstić information content (AvgIpc) is 3.28. The van der Waals surface area contributed by atoms with Crippen LogP contribution in [0.5, 0.6) is 0 Å². The first-order chi connectivity index (χ1) is 13.5. The van der Waals surface area contributed by atoms with Crippen molar-refractivity contribution in [3.8, 4) is 0 Å². The lowest BCUT2D eigenvalue weighted by Crippen LogP contribution is -2.33. The maximum atomic E-state index is 12.6. The maximum Gasteiger partial charge on any atom is 0.289 e. The first kappa shape index (κ1) is 18.7. The van der Waals surface area contributed by atoms with Crippen molar-refractivity contribution in [1.29, 1.82) is 0 Å². The van der Waals surface area contributed by atoms with E-state index in [0.29, 0.717) is 43.1 Å². The topological polar surface area (TPSA) is 80.1 Å². The van der Waals surface area contributed by atoms with Gasteiger partial charge in [0.25, 0.3) is 5.91 Å². The quantitative estimate of drug-likeness (QED) is 0.858. The fourth-order valence-electron chi connectivity index (χ4n) is 4.23. The molecule has 0 spiro atoms. The van der Waals surface area contributed by atoms with E-state index in [1.54, 1.807) is 0 Å². The minimum atomic E-state index is -0.202. The summed E-state index contributed by atoms with van der Waals surface area (Å²) in [4.78, 5) is 27.1. The van der Waals surface area contributed by atoms with E-state index in [4.69, 9.17) is 0 Å². The molecule has 2 atom stereocenters. The lowest BCUT2D eigenvalue weighted by Gasteiger charge is -2.25. The van der Waals surface area contributed by atoms with Crippen LogP contribution in [0.15, 0.2) is 30.3 Å². The van der Waals surface area contributed by atoms with Gasteiger partial charge in [-0.2, -0.15) is 0 Å². The Labute approximate surface area is 165 Å². The molecule has 1 fully saturated rings. The number of amides is 2. The summed E-state index contributed by atoms with van der Waals surface area (Å²) in [7, 11) is 0. The zero-order valence-electron chi connectivity index (χ0n) is 16.5. The number of rotatable bonds is 5. The van der Waals surface area contributed by atoms with Gasteiger partial charge in [0.1, 0.15) is 5.82 Å². The van der Waals surface area contributed by atoms with Crippen LogP contribution < -0.4 is 5.32 Å². The monoisotopic (exact) mass is 381 g/mol. The lowest BCUT2D eigenvalue weighted by atomic mass is 9.89. The number of carbonyl (C=O) groups excluding carboxylic acids is 2. The third-order valence-electron chi connectivity index (χ3n) is 5.70. The molecule has 3 heterocycles. The summed E-state index contributed by atoms with van der Waals surface area (Å²) in [6.07, 6.45) is 1.37. The van der Waals surface area contributed by atoms with E-state index in [2.05, 4.69) is 29.4 Å². The van der Waals surface area contributed by atoms with E-state index in [9.17, 15) is 9.59 Å². The van der Waals surface area contributed by atoms with Gasteiger partial charge in [0, 0.05) is 39.0 Å². The first-order valence-electron chi connectivity index (χ1n) is 10.0. The number of carbonyl (C=O) groups is 2. The standard InChI is InChI=1S/C21H27N5O2/c1-14(2)8-19(27)25-11-16-9-18-23-24-20(26(18)13-17(16)12-25)21(28)22-10-15-6-4-3-5-7-15/h3-7,14,16-17H,8-13H2,1-2H3,(H,22,28)/t16-,17-/m1/s1. The summed E-state index contributed by atoms with van der Waals surface area (Å²) >= 11 is 0. The van der Waals surface area contributed by atoms with Crippen molar-refractivity contribution in [2.24, 2.45) is 17.8 Å². The molecule has 2 aliphatic rings. The molecule has 0 saturated carbocycles. The van der Waals surface area contributed by atoms with Crippen molar-refractivity contribution >= 4 is 11.8 Å². The van der Waals surface area contributed by atoms with Gasteiger partial charge in [0.15, 0.2) is 0 Å². The number of nitrogens with one attached hydrogen (secondary N) is 1. The minimum Gasteiger partial charge on any atom is -0.345 e. The van der Waals surface area contributed by atoms with Crippen molar-refractivity contribution in [1.82, 2.24) is 25.0 Å². The highest BCUT2D eigenvalue weighted by atomic mass is 16.2. The molecular weight excluding hydrogens is 354 g/mol. The summed E-state index contributed by atoms with van der Waals surface area (Å²) in [6, 6.07) is 9.81. The number of benzene rings is 1. The molecule has 1 N–H and O–H groups in total. The fraction of sp³-hybridized carbons (Fsp3) is 0.524. The molecule has 2 amide bonds. The molecule has 28 heavy (non-hydrogen) atoms. The Morgan fingerprint density at radius 3 is 2.61 bits per heavy atom. The Balaban J connectivity index is 1.41. The van der Waals surface area contributed by atoms with E-state index in [-0.39, 0.29) is 11.8 Å². The highest BCUT2D eigenvalue weighted by Gasteiger charge is 2.40. The molecule has 1 aromatic carbocycles. The maximum absolute atomic E-state index is 12.6. The minimum absolute atomic E-state index is 0.202. The molecule has 148 valence electrons. The number of aromatic nitrogens is 3. The van der Waals surface area contributed by atoms with Gasteiger partial charge in [-0.05, 0) is 23.3 Å². The third-order valence-corrected chi connectivity index (χ3v) is 5.70. The van der Waals surface area contributed by atoms with Crippen LogP contribution in [0.2, 0.25) is 0 Å². The van der Waals surface area contributed by atoms with E-state index in [0.717, 1.165) is 30.9 Å². The van der Waals surface area contributed by atoms with Gasteiger partial charge in [-0.3, -0.25) is 9.59 Å². The van der Waals surface area contributed by atoms with E-state index < -0.39 is 0 Å². The zero-order chi connectivity index (χ0) is 19.7. The molecule has 4 rings (SSSR count). The zero-order valence-corrected chi connectivity index (χ0v) is 16.5. The van der Waals surface area contributed by atoms with Crippen LogP contribution in [0.4, 0.5) is 0 Å². The average molecular weight is 381 g/mol. The third kappa shape index (κ3) is 3.79. The van der Waals surface area contributed by atoms with Crippen LogP contribution in [0.25, 0.3) is 0 Å².